The first-order chi connectivity index (χ1) is 10.5. The molecule has 0 fully saturated rings. The summed E-state index contributed by atoms with van der Waals surface area (Å²) in [5.41, 5.74) is 1.03. The first kappa shape index (κ1) is 18.9. The van der Waals surface area contributed by atoms with E-state index in [0.29, 0.717) is 0 Å². The fourth-order valence-corrected chi connectivity index (χ4v) is 3.42. The monoisotopic (exact) mass is 324 g/mol. The van der Waals surface area contributed by atoms with Gasteiger partial charge >= 0.3 is 0 Å². The average Bonchev–Trinajstić information content (AvgIpc) is 2.47. The SMILES string of the molecule is C=CCCC[C@@H](CCCCC)OS(=O)(=O)c1ccc(C)cc1. The molecule has 1 atom stereocenters. The lowest BCUT2D eigenvalue weighted by Gasteiger charge is -2.17. The molecular formula is C18H28O3S. The minimum Gasteiger partial charge on any atom is -0.263 e. The Morgan fingerprint density at radius 2 is 1.77 bits per heavy atom. The van der Waals surface area contributed by atoms with Crippen LogP contribution in [0.1, 0.15) is 57.4 Å². The maximum atomic E-state index is 12.4. The minimum atomic E-state index is -3.68. The van der Waals surface area contributed by atoms with Crippen molar-refractivity contribution in [3.05, 3.63) is 42.5 Å². The maximum absolute atomic E-state index is 12.4. The highest BCUT2D eigenvalue weighted by Gasteiger charge is 2.21. The number of rotatable bonds is 11. The second kappa shape index (κ2) is 9.80. The topological polar surface area (TPSA) is 43.4 Å². The molecule has 4 heteroatoms. The summed E-state index contributed by atoms with van der Waals surface area (Å²) in [6.45, 7) is 7.77. The molecule has 0 aliphatic heterocycles. The van der Waals surface area contributed by atoms with E-state index in [9.17, 15) is 8.42 Å². The summed E-state index contributed by atoms with van der Waals surface area (Å²) in [4.78, 5) is 0.238. The Hall–Kier alpha value is -1.13. The average molecular weight is 324 g/mol. The summed E-state index contributed by atoms with van der Waals surface area (Å²) in [7, 11) is -3.68. The predicted molar refractivity (Wildman–Crippen MR) is 91.4 cm³/mol. The Morgan fingerprint density at radius 3 is 2.36 bits per heavy atom. The number of aryl methyl sites for hydroxylation is 1. The van der Waals surface area contributed by atoms with Crippen molar-refractivity contribution in [2.75, 3.05) is 0 Å². The van der Waals surface area contributed by atoms with Crippen molar-refractivity contribution >= 4 is 10.1 Å². The van der Waals surface area contributed by atoms with E-state index in [4.69, 9.17) is 4.18 Å². The van der Waals surface area contributed by atoms with Crippen molar-refractivity contribution in [1.82, 2.24) is 0 Å². The fourth-order valence-electron chi connectivity index (χ4n) is 2.29. The van der Waals surface area contributed by atoms with Crippen molar-refractivity contribution in [2.24, 2.45) is 0 Å². The van der Waals surface area contributed by atoms with Gasteiger partial charge in [0.15, 0.2) is 0 Å². The van der Waals surface area contributed by atoms with Crippen LogP contribution in [0, 0.1) is 6.92 Å². The van der Waals surface area contributed by atoms with E-state index in [-0.39, 0.29) is 11.0 Å². The van der Waals surface area contributed by atoms with Crippen LogP contribution in [0.15, 0.2) is 41.8 Å². The first-order valence-electron chi connectivity index (χ1n) is 8.10. The maximum Gasteiger partial charge on any atom is 0.297 e. The second-order valence-electron chi connectivity index (χ2n) is 5.70. The van der Waals surface area contributed by atoms with E-state index in [1.807, 2.05) is 13.0 Å². The second-order valence-corrected chi connectivity index (χ2v) is 7.27. The molecular weight excluding hydrogens is 296 g/mol. The number of unbranched alkanes of at least 4 members (excludes halogenated alkanes) is 3. The van der Waals surface area contributed by atoms with Crippen LogP contribution >= 0.6 is 0 Å². The number of hydrogen-bond donors (Lipinski definition) is 0. The van der Waals surface area contributed by atoms with Gasteiger partial charge < -0.3 is 0 Å². The predicted octanol–water partition coefficient (Wildman–Crippen LogP) is 5.01. The zero-order valence-electron chi connectivity index (χ0n) is 13.8. The summed E-state index contributed by atoms with van der Waals surface area (Å²) in [5, 5.41) is 0. The Morgan fingerprint density at radius 1 is 1.14 bits per heavy atom. The molecule has 0 saturated heterocycles. The molecule has 22 heavy (non-hydrogen) atoms. The van der Waals surface area contributed by atoms with Gasteiger partial charge in [-0.1, -0.05) is 50.0 Å². The largest absolute Gasteiger partial charge is 0.297 e. The van der Waals surface area contributed by atoms with Gasteiger partial charge in [-0.05, 0) is 44.7 Å². The summed E-state index contributed by atoms with van der Waals surface area (Å²) in [5.74, 6) is 0. The third-order valence-electron chi connectivity index (χ3n) is 3.64. The van der Waals surface area contributed by atoms with Gasteiger partial charge in [-0.2, -0.15) is 8.42 Å². The minimum absolute atomic E-state index is 0.238. The lowest BCUT2D eigenvalue weighted by Crippen LogP contribution is -2.19. The van der Waals surface area contributed by atoms with Crippen LogP contribution in [-0.4, -0.2) is 14.5 Å². The van der Waals surface area contributed by atoms with Gasteiger partial charge in [0.1, 0.15) is 0 Å². The molecule has 0 spiro atoms. The fraction of sp³-hybridized carbons (Fsp3) is 0.556. The van der Waals surface area contributed by atoms with Crippen molar-refractivity contribution in [3.8, 4) is 0 Å². The summed E-state index contributed by atoms with van der Waals surface area (Å²) in [6, 6.07) is 6.80. The molecule has 0 unspecified atom stereocenters. The zero-order chi connectivity index (χ0) is 16.4. The van der Waals surface area contributed by atoms with Crippen LogP contribution in [0.5, 0.6) is 0 Å². The van der Waals surface area contributed by atoms with Crippen molar-refractivity contribution in [2.45, 2.75) is 69.8 Å². The smallest absolute Gasteiger partial charge is 0.263 e. The van der Waals surface area contributed by atoms with Crippen LogP contribution in [-0.2, 0) is 14.3 Å². The molecule has 0 saturated carbocycles. The molecule has 0 aromatic heterocycles. The first-order valence-corrected chi connectivity index (χ1v) is 9.51. The molecule has 0 bridgehead atoms. The van der Waals surface area contributed by atoms with Gasteiger partial charge in [-0.15, -0.1) is 6.58 Å². The van der Waals surface area contributed by atoms with Crippen LogP contribution in [0.4, 0.5) is 0 Å². The van der Waals surface area contributed by atoms with E-state index in [0.717, 1.165) is 50.5 Å². The zero-order valence-corrected chi connectivity index (χ0v) is 14.6. The normalized spacial score (nSPS) is 13.0. The molecule has 3 nitrogen and oxygen atoms in total. The molecule has 1 aromatic carbocycles. The number of allylic oxidation sites excluding steroid dienone is 1. The van der Waals surface area contributed by atoms with Crippen LogP contribution in [0.25, 0.3) is 0 Å². The molecule has 1 aromatic rings. The van der Waals surface area contributed by atoms with E-state index in [2.05, 4.69) is 13.5 Å². The van der Waals surface area contributed by atoms with Crippen molar-refractivity contribution in [3.63, 3.8) is 0 Å². The van der Waals surface area contributed by atoms with E-state index in [1.165, 1.54) is 0 Å². The van der Waals surface area contributed by atoms with E-state index < -0.39 is 10.1 Å². The Labute approximate surface area is 135 Å². The van der Waals surface area contributed by atoms with Gasteiger partial charge in [0.25, 0.3) is 10.1 Å². The van der Waals surface area contributed by atoms with Crippen LogP contribution in [0.2, 0.25) is 0 Å². The molecule has 0 amide bonds. The molecule has 0 N–H and O–H groups in total. The Kier molecular flexibility index (Phi) is 8.43. The molecule has 0 aliphatic carbocycles. The van der Waals surface area contributed by atoms with Crippen molar-refractivity contribution < 1.29 is 12.6 Å². The summed E-state index contributed by atoms with van der Waals surface area (Å²) >= 11 is 0. The van der Waals surface area contributed by atoms with E-state index >= 15 is 0 Å². The standard InChI is InChI=1S/C18H28O3S/c1-4-6-8-10-17(11-9-7-5-2)21-22(19,20)18-14-12-16(3)13-15-18/h4,12-15,17H,1,5-11H2,2-3H3/t17-/m0/s1. The van der Waals surface area contributed by atoms with Crippen LogP contribution in [0.3, 0.4) is 0 Å². The van der Waals surface area contributed by atoms with Crippen LogP contribution < -0.4 is 0 Å². The van der Waals surface area contributed by atoms with Gasteiger partial charge in [0.2, 0.25) is 0 Å². The highest BCUT2D eigenvalue weighted by molar-refractivity contribution is 7.86. The molecule has 0 heterocycles. The Balaban J connectivity index is 2.71. The van der Waals surface area contributed by atoms with Gasteiger partial charge in [-0.25, -0.2) is 0 Å². The molecule has 124 valence electrons. The molecule has 0 aliphatic rings. The third-order valence-corrected chi connectivity index (χ3v) is 5.01. The number of benzene rings is 1. The quantitative estimate of drug-likeness (QED) is 0.326. The molecule has 1 rings (SSSR count). The van der Waals surface area contributed by atoms with Gasteiger partial charge in [0, 0.05) is 0 Å². The summed E-state index contributed by atoms with van der Waals surface area (Å²) < 4.78 is 30.2. The highest BCUT2D eigenvalue weighted by Crippen LogP contribution is 2.21. The number of hydrogen-bond acceptors (Lipinski definition) is 3. The van der Waals surface area contributed by atoms with Gasteiger partial charge in [0.05, 0.1) is 11.0 Å². The lowest BCUT2D eigenvalue weighted by molar-refractivity contribution is 0.182. The highest BCUT2D eigenvalue weighted by atomic mass is 32.2. The van der Waals surface area contributed by atoms with E-state index in [1.54, 1.807) is 24.3 Å². The van der Waals surface area contributed by atoms with Crippen molar-refractivity contribution in [1.29, 1.82) is 0 Å². The Bertz CT molecular complexity index is 532. The third kappa shape index (κ3) is 6.75. The summed E-state index contributed by atoms with van der Waals surface area (Å²) in [6.07, 6.45) is 8.17. The molecule has 0 radical (unpaired) electrons. The lowest BCUT2D eigenvalue weighted by atomic mass is 10.1. The van der Waals surface area contributed by atoms with Gasteiger partial charge in [-0.3, -0.25) is 4.18 Å².